The zero-order valence-electron chi connectivity index (χ0n) is 13.0. The van der Waals surface area contributed by atoms with Crippen LogP contribution in [0.25, 0.3) is 0 Å². The predicted octanol–water partition coefficient (Wildman–Crippen LogP) is 4.86. The summed E-state index contributed by atoms with van der Waals surface area (Å²) in [5, 5.41) is 2.04. The Bertz CT molecular complexity index is 760. The van der Waals surface area contributed by atoms with Crippen LogP contribution in [0, 0.1) is 6.92 Å². The molecule has 3 nitrogen and oxygen atoms in total. The fourth-order valence-corrected chi connectivity index (χ4v) is 2.49. The van der Waals surface area contributed by atoms with E-state index in [-0.39, 0.29) is 12.1 Å². The number of methoxy groups -OCH3 is 1. The van der Waals surface area contributed by atoms with E-state index in [1.54, 1.807) is 25.3 Å². The lowest BCUT2D eigenvalue weighted by Gasteiger charge is -2.12. The van der Waals surface area contributed by atoms with E-state index < -0.39 is 22.7 Å². The Balaban J connectivity index is 2.11. The van der Waals surface area contributed by atoms with Crippen molar-refractivity contribution in [2.75, 3.05) is 12.4 Å². The molecule has 1 N–H and O–H groups in total. The van der Waals surface area contributed by atoms with E-state index in [9.17, 15) is 18.0 Å². The predicted molar refractivity (Wildman–Crippen MR) is 86.5 cm³/mol. The van der Waals surface area contributed by atoms with Crippen molar-refractivity contribution in [3.05, 3.63) is 58.1 Å². The largest absolute Gasteiger partial charge is 0.496 e. The summed E-state index contributed by atoms with van der Waals surface area (Å²) in [6.07, 6.45) is -4.54. The van der Waals surface area contributed by atoms with Crippen molar-refractivity contribution in [3.8, 4) is 5.75 Å². The van der Waals surface area contributed by atoms with Crippen molar-refractivity contribution in [1.29, 1.82) is 0 Å². The van der Waals surface area contributed by atoms with Gasteiger partial charge in [-0.25, -0.2) is 0 Å². The van der Waals surface area contributed by atoms with Crippen LogP contribution in [-0.2, 0) is 17.4 Å². The maximum Gasteiger partial charge on any atom is 0.417 e. The maximum absolute atomic E-state index is 12.8. The van der Waals surface area contributed by atoms with Crippen molar-refractivity contribution in [1.82, 2.24) is 0 Å². The van der Waals surface area contributed by atoms with Gasteiger partial charge in [-0.1, -0.05) is 23.7 Å². The van der Waals surface area contributed by atoms with Crippen LogP contribution in [0.5, 0.6) is 5.75 Å². The first-order chi connectivity index (χ1) is 11.2. The summed E-state index contributed by atoms with van der Waals surface area (Å²) in [5.74, 6) is 0.279. The Morgan fingerprint density at radius 2 is 1.92 bits per heavy atom. The monoisotopic (exact) mass is 357 g/mol. The summed E-state index contributed by atoms with van der Waals surface area (Å²) in [4.78, 5) is 12.0. The van der Waals surface area contributed by atoms with Gasteiger partial charge in [0.2, 0.25) is 5.91 Å². The summed E-state index contributed by atoms with van der Waals surface area (Å²) in [7, 11) is 1.55. The zero-order chi connectivity index (χ0) is 17.9. The number of benzene rings is 2. The number of halogens is 4. The van der Waals surface area contributed by atoms with E-state index >= 15 is 0 Å². The molecule has 0 fully saturated rings. The molecular weight excluding hydrogens is 343 g/mol. The van der Waals surface area contributed by atoms with E-state index in [1.165, 1.54) is 6.07 Å². The number of aryl methyl sites for hydroxylation is 1. The van der Waals surface area contributed by atoms with Gasteiger partial charge in [-0.3, -0.25) is 4.79 Å². The Morgan fingerprint density at radius 3 is 2.50 bits per heavy atom. The third-order valence-electron chi connectivity index (χ3n) is 3.38. The molecule has 0 aliphatic heterocycles. The highest BCUT2D eigenvalue weighted by molar-refractivity contribution is 6.31. The number of rotatable bonds is 4. The third kappa shape index (κ3) is 4.41. The molecular formula is C17H15ClF3NO2. The lowest BCUT2D eigenvalue weighted by Crippen LogP contribution is -2.15. The standard InChI is InChI=1S/C17H15ClF3NO2/c1-10-7-11(3-6-15(10)24-2)8-16(23)22-12-4-5-14(18)13(9-12)17(19,20)21/h3-7,9H,8H2,1-2H3,(H,22,23). The van der Waals surface area contributed by atoms with Crippen LogP contribution in [0.1, 0.15) is 16.7 Å². The number of hydrogen-bond acceptors (Lipinski definition) is 2. The first-order valence-corrected chi connectivity index (χ1v) is 7.38. The van der Waals surface area contributed by atoms with Gasteiger partial charge >= 0.3 is 6.18 Å². The molecule has 0 bridgehead atoms. The van der Waals surface area contributed by atoms with Crippen molar-refractivity contribution < 1.29 is 22.7 Å². The van der Waals surface area contributed by atoms with E-state index in [4.69, 9.17) is 16.3 Å². The molecule has 0 aliphatic rings. The highest BCUT2D eigenvalue weighted by atomic mass is 35.5. The van der Waals surface area contributed by atoms with Crippen molar-refractivity contribution in [2.45, 2.75) is 19.5 Å². The number of anilines is 1. The molecule has 2 aromatic rings. The number of ether oxygens (including phenoxy) is 1. The highest BCUT2D eigenvalue weighted by Crippen LogP contribution is 2.36. The molecule has 128 valence electrons. The zero-order valence-corrected chi connectivity index (χ0v) is 13.8. The lowest BCUT2D eigenvalue weighted by atomic mass is 10.1. The Kier molecular flexibility index (Phi) is 5.39. The van der Waals surface area contributed by atoms with Crippen LogP contribution >= 0.6 is 11.6 Å². The van der Waals surface area contributed by atoms with Gasteiger partial charge < -0.3 is 10.1 Å². The van der Waals surface area contributed by atoms with Gasteiger partial charge in [0.1, 0.15) is 5.75 Å². The molecule has 0 spiro atoms. The second-order valence-corrected chi connectivity index (χ2v) is 5.63. The molecule has 2 aromatic carbocycles. The minimum Gasteiger partial charge on any atom is -0.496 e. The van der Waals surface area contributed by atoms with Gasteiger partial charge in [0, 0.05) is 5.69 Å². The summed E-state index contributed by atoms with van der Waals surface area (Å²) in [6.45, 7) is 1.84. The number of amides is 1. The van der Waals surface area contributed by atoms with Crippen LogP contribution in [0.2, 0.25) is 5.02 Å². The molecule has 2 rings (SSSR count). The normalized spacial score (nSPS) is 11.2. The second-order valence-electron chi connectivity index (χ2n) is 5.22. The molecule has 0 saturated heterocycles. The van der Waals surface area contributed by atoms with Gasteiger partial charge in [-0.05, 0) is 42.3 Å². The molecule has 0 saturated carbocycles. The first-order valence-electron chi connectivity index (χ1n) is 7.01. The van der Waals surface area contributed by atoms with Crippen molar-refractivity contribution in [3.63, 3.8) is 0 Å². The smallest absolute Gasteiger partial charge is 0.417 e. The number of alkyl halides is 3. The second kappa shape index (κ2) is 7.13. The molecule has 0 unspecified atom stereocenters. The van der Waals surface area contributed by atoms with Gasteiger partial charge in [-0.15, -0.1) is 0 Å². The summed E-state index contributed by atoms with van der Waals surface area (Å²) in [6, 6.07) is 8.52. The van der Waals surface area contributed by atoms with E-state index in [0.29, 0.717) is 5.75 Å². The van der Waals surface area contributed by atoms with Crippen LogP contribution in [0.15, 0.2) is 36.4 Å². The third-order valence-corrected chi connectivity index (χ3v) is 3.71. The number of carbonyl (C=O) groups is 1. The van der Waals surface area contributed by atoms with E-state index in [2.05, 4.69) is 5.32 Å². The quantitative estimate of drug-likeness (QED) is 0.848. The molecule has 1 amide bonds. The van der Waals surface area contributed by atoms with Crippen molar-refractivity contribution in [2.24, 2.45) is 0 Å². The van der Waals surface area contributed by atoms with E-state index in [0.717, 1.165) is 23.3 Å². The maximum atomic E-state index is 12.8. The van der Waals surface area contributed by atoms with E-state index in [1.807, 2.05) is 6.92 Å². The fraction of sp³-hybridized carbons (Fsp3) is 0.235. The Morgan fingerprint density at radius 1 is 1.21 bits per heavy atom. The highest BCUT2D eigenvalue weighted by Gasteiger charge is 2.33. The summed E-state index contributed by atoms with van der Waals surface area (Å²) >= 11 is 5.55. The summed E-state index contributed by atoms with van der Waals surface area (Å²) < 4.78 is 43.6. The fourth-order valence-electron chi connectivity index (χ4n) is 2.26. The topological polar surface area (TPSA) is 38.3 Å². The van der Waals surface area contributed by atoms with Crippen LogP contribution in [0.3, 0.4) is 0 Å². The molecule has 0 aromatic heterocycles. The average Bonchev–Trinajstić information content (AvgIpc) is 2.48. The molecule has 0 heterocycles. The van der Waals surface area contributed by atoms with Gasteiger partial charge in [-0.2, -0.15) is 13.2 Å². The average molecular weight is 358 g/mol. The van der Waals surface area contributed by atoms with Crippen LogP contribution in [-0.4, -0.2) is 13.0 Å². The van der Waals surface area contributed by atoms with Gasteiger partial charge in [0.05, 0.1) is 24.1 Å². The molecule has 24 heavy (non-hydrogen) atoms. The number of carbonyl (C=O) groups excluding carboxylic acids is 1. The first kappa shape index (κ1) is 18.1. The Labute approximate surface area is 142 Å². The minimum atomic E-state index is -4.58. The SMILES string of the molecule is COc1ccc(CC(=O)Nc2ccc(Cl)c(C(F)(F)F)c2)cc1C. The summed E-state index contributed by atoms with van der Waals surface area (Å²) in [5.41, 5.74) is 0.661. The minimum absolute atomic E-state index is 0.0365. The van der Waals surface area contributed by atoms with Crippen LogP contribution < -0.4 is 10.1 Å². The number of nitrogens with one attached hydrogen (secondary N) is 1. The molecule has 7 heteroatoms. The molecule has 0 atom stereocenters. The molecule has 0 radical (unpaired) electrons. The Hall–Kier alpha value is -2.21. The number of hydrogen-bond donors (Lipinski definition) is 1. The lowest BCUT2D eigenvalue weighted by molar-refractivity contribution is -0.137. The van der Waals surface area contributed by atoms with Gasteiger partial charge in [0.15, 0.2) is 0 Å². The van der Waals surface area contributed by atoms with Crippen LogP contribution in [0.4, 0.5) is 18.9 Å². The molecule has 0 aliphatic carbocycles. The van der Waals surface area contributed by atoms with Crippen molar-refractivity contribution >= 4 is 23.2 Å². The van der Waals surface area contributed by atoms with Gasteiger partial charge in [0.25, 0.3) is 0 Å².